The van der Waals surface area contributed by atoms with E-state index < -0.39 is 16.7 Å². The van der Waals surface area contributed by atoms with Gasteiger partial charge in [-0.2, -0.15) is 0 Å². The molecule has 1 fully saturated rings. The quantitative estimate of drug-likeness (QED) is 0.355. The zero-order valence-electron chi connectivity index (χ0n) is 14.0. The first-order valence-corrected chi connectivity index (χ1v) is 8.24. The molecule has 1 aromatic rings. The number of nitrogens with one attached hydrogen (secondary N) is 1. The Morgan fingerprint density at radius 1 is 1.19 bits per heavy atom. The van der Waals surface area contributed by atoms with Crippen molar-refractivity contribution < 1.29 is 24.0 Å². The first-order chi connectivity index (χ1) is 12.5. The molecule has 10 nitrogen and oxygen atoms in total. The minimum absolute atomic E-state index is 0.0431. The van der Waals surface area contributed by atoms with E-state index in [4.69, 9.17) is 4.74 Å². The van der Waals surface area contributed by atoms with Crippen LogP contribution in [0, 0.1) is 10.1 Å². The minimum atomic E-state index is -0.609. The molecule has 26 heavy (non-hydrogen) atoms. The van der Waals surface area contributed by atoms with Gasteiger partial charge in [0.05, 0.1) is 29.3 Å². The molecule has 2 aliphatic rings. The number of rotatable bonds is 5. The van der Waals surface area contributed by atoms with E-state index in [9.17, 15) is 24.5 Å². The molecule has 4 amide bonds. The highest BCUT2D eigenvalue weighted by Crippen LogP contribution is 2.26. The third kappa shape index (κ3) is 3.49. The Bertz CT molecular complexity index is 759. The molecule has 0 spiro atoms. The highest BCUT2D eigenvalue weighted by atomic mass is 16.6. The van der Waals surface area contributed by atoms with Gasteiger partial charge in [0.1, 0.15) is 0 Å². The van der Waals surface area contributed by atoms with Crippen LogP contribution in [0.3, 0.4) is 0 Å². The van der Waals surface area contributed by atoms with Gasteiger partial charge in [-0.1, -0.05) is 0 Å². The van der Waals surface area contributed by atoms with E-state index >= 15 is 0 Å². The van der Waals surface area contributed by atoms with E-state index in [2.05, 4.69) is 5.32 Å². The summed E-state index contributed by atoms with van der Waals surface area (Å²) in [5.41, 5.74) is -0.0240. The van der Waals surface area contributed by atoms with Crippen molar-refractivity contribution in [3.05, 3.63) is 39.4 Å². The van der Waals surface area contributed by atoms with Crippen molar-refractivity contribution in [3.63, 3.8) is 0 Å². The lowest BCUT2D eigenvalue weighted by molar-refractivity contribution is -0.384. The Morgan fingerprint density at radius 3 is 2.58 bits per heavy atom. The number of urea groups is 1. The molecule has 0 aromatic heterocycles. The van der Waals surface area contributed by atoms with Crippen molar-refractivity contribution >= 4 is 23.5 Å². The molecule has 1 N–H and O–H groups in total. The van der Waals surface area contributed by atoms with E-state index in [1.807, 2.05) is 0 Å². The molecule has 0 saturated carbocycles. The van der Waals surface area contributed by atoms with Crippen LogP contribution in [0.25, 0.3) is 0 Å². The standard InChI is InChI=1S/C16H18N4O6/c21-14-12-3-2-11(20(24)25)10-13(12)15(22)19(14)5-1-4-17-16(23)18-6-8-26-9-7-18/h2-3,10H,1,4-9H2,(H,17,23). The van der Waals surface area contributed by atoms with Crippen LogP contribution < -0.4 is 5.32 Å². The summed E-state index contributed by atoms with van der Waals surface area (Å²) in [6.07, 6.45) is 0.393. The number of nitro benzene ring substituents is 1. The molecule has 0 unspecified atom stereocenters. The fourth-order valence-corrected chi connectivity index (χ4v) is 2.91. The predicted molar refractivity (Wildman–Crippen MR) is 88.9 cm³/mol. The molecule has 10 heteroatoms. The summed E-state index contributed by atoms with van der Waals surface area (Å²) in [6, 6.07) is 3.42. The van der Waals surface area contributed by atoms with Crippen LogP contribution in [0.15, 0.2) is 18.2 Å². The molecule has 3 rings (SSSR count). The second-order valence-electron chi connectivity index (χ2n) is 5.93. The number of amides is 4. The number of hydrogen-bond donors (Lipinski definition) is 1. The molecule has 0 bridgehead atoms. The van der Waals surface area contributed by atoms with Crippen molar-refractivity contribution in [1.29, 1.82) is 0 Å². The highest BCUT2D eigenvalue weighted by molar-refractivity contribution is 6.21. The molecule has 0 radical (unpaired) electrons. The largest absolute Gasteiger partial charge is 0.378 e. The van der Waals surface area contributed by atoms with E-state index in [1.54, 1.807) is 4.90 Å². The van der Waals surface area contributed by atoms with Crippen molar-refractivity contribution in [1.82, 2.24) is 15.1 Å². The maximum absolute atomic E-state index is 12.3. The minimum Gasteiger partial charge on any atom is -0.378 e. The Kier molecular flexibility index (Phi) is 5.12. The number of hydrogen-bond acceptors (Lipinski definition) is 6. The number of ether oxygens (including phenoxy) is 1. The fourth-order valence-electron chi connectivity index (χ4n) is 2.91. The molecule has 1 aromatic carbocycles. The Morgan fingerprint density at radius 2 is 1.88 bits per heavy atom. The number of carbonyl (C=O) groups is 3. The number of fused-ring (bicyclic) bond motifs is 1. The van der Waals surface area contributed by atoms with Crippen molar-refractivity contribution in [3.8, 4) is 0 Å². The normalized spacial score (nSPS) is 16.6. The summed E-state index contributed by atoms with van der Waals surface area (Å²) in [5, 5.41) is 13.6. The first kappa shape index (κ1) is 17.8. The molecule has 138 valence electrons. The third-order valence-corrected chi connectivity index (χ3v) is 4.30. The summed E-state index contributed by atoms with van der Waals surface area (Å²) < 4.78 is 5.18. The fraction of sp³-hybridized carbons (Fsp3) is 0.438. The SMILES string of the molecule is O=C(NCCCN1C(=O)c2ccc([N+](=O)[O-])cc2C1=O)N1CCOCC1. The Balaban J connectivity index is 1.52. The van der Waals surface area contributed by atoms with Gasteiger partial charge in [-0.3, -0.25) is 24.6 Å². The summed E-state index contributed by atoms with van der Waals surface area (Å²) in [6.45, 7) is 2.52. The monoisotopic (exact) mass is 362 g/mol. The van der Waals surface area contributed by atoms with Crippen LogP contribution in [0.1, 0.15) is 27.1 Å². The summed E-state index contributed by atoms with van der Waals surface area (Å²) in [5.74, 6) is -1.02. The van der Waals surface area contributed by atoms with Gasteiger partial charge in [0, 0.05) is 38.3 Å². The van der Waals surface area contributed by atoms with E-state index in [1.165, 1.54) is 12.1 Å². The average Bonchev–Trinajstić information content (AvgIpc) is 2.89. The van der Waals surface area contributed by atoms with Gasteiger partial charge in [0.2, 0.25) is 0 Å². The van der Waals surface area contributed by atoms with E-state index in [0.717, 1.165) is 11.0 Å². The van der Waals surface area contributed by atoms with Crippen LogP contribution in [-0.2, 0) is 4.74 Å². The lowest BCUT2D eigenvalue weighted by Crippen LogP contribution is -2.46. The number of imide groups is 1. The maximum Gasteiger partial charge on any atom is 0.317 e. The van der Waals surface area contributed by atoms with Crippen LogP contribution in [0.2, 0.25) is 0 Å². The van der Waals surface area contributed by atoms with Gasteiger partial charge in [-0.15, -0.1) is 0 Å². The van der Waals surface area contributed by atoms with Gasteiger partial charge in [0.15, 0.2) is 0 Å². The average molecular weight is 362 g/mol. The smallest absolute Gasteiger partial charge is 0.317 e. The van der Waals surface area contributed by atoms with Gasteiger partial charge >= 0.3 is 6.03 Å². The van der Waals surface area contributed by atoms with Crippen molar-refractivity contribution in [2.45, 2.75) is 6.42 Å². The molecule has 2 heterocycles. The molecular formula is C16H18N4O6. The topological polar surface area (TPSA) is 122 Å². The number of nitrogens with zero attached hydrogens (tertiary/aromatic N) is 3. The molecular weight excluding hydrogens is 344 g/mol. The number of non-ortho nitro benzene ring substituents is 1. The van der Waals surface area contributed by atoms with Gasteiger partial charge < -0.3 is 15.0 Å². The van der Waals surface area contributed by atoms with Crippen LogP contribution in [0.4, 0.5) is 10.5 Å². The zero-order chi connectivity index (χ0) is 18.7. The van der Waals surface area contributed by atoms with Crippen LogP contribution in [0.5, 0.6) is 0 Å². The lowest BCUT2D eigenvalue weighted by Gasteiger charge is -2.27. The van der Waals surface area contributed by atoms with E-state index in [-0.39, 0.29) is 29.4 Å². The summed E-state index contributed by atoms with van der Waals surface area (Å²) in [4.78, 5) is 49.5. The van der Waals surface area contributed by atoms with Gasteiger partial charge in [0.25, 0.3) is 17.5 Å². The van der Waals surface area contributed by atoms with Crippen molar-refractivity contribution in [2.75, 3.05) is 39.4 Å². The molecule has 0 atom stereocenters. The van der Waals surface area contributed by atoms with Crippen LogP contribution >= 0.6 is 0 Å². The molecule has 0 aliphatic carbocycles. The zero-order valence-corrected chi connectivity index (χ0v) is 14.0. The van der Waals surface area contributed by atoms with Crippen molar-refractivity contribution in [2.24, 2.45) is 0 Å². The second-order valence-corrected chi connectivity index (χ2v) is 5.93. The van der Waals surface area contributed by atoms with E-state index in [0.29, 0.717) is 39.3 Å². The predicted octanol–water partition coefficient (Wildman–Crippen LogP) is 0.623. The third-order valence-electron chi connectivity index (χ3n) is 4.30. The number of benzene rings is 1. The number of morpholine rings is 1. The molecule has 1 saturated heterocycles. The summed E-state index contributed by atoms with van der Waals surface area (Å²) in [7, 11) is 0. The maximum atomic E-state index is 12.3. The van der Waals surface area contributed by atoms with Crippen LogP contribution in [-0.4, -0.2) is 72.0 Å². The first-order valence-electron chi connectivity index (χ1n) is 8.24. The highest BCUT2D eigenvalue weighted by Gasteiger charge is 2.36. The Hall–Kier alpha value is -3.01. The van der Waals surface area contributed by atoms with Gasteiger partial charge in [-0.05, 0) is 12.5 Å². The molecule has 2 aliphatic heterocycles. The summed E-state index contributed by atoms with van der Waals surface area (Å²) >= 11 is 0. The second kappa shape index (κ2) is 7.48. The lowest BCUT2D eigenvalue weighted by atomic mass is 10.1. The Labute approximate surface area is 148 Å². The van der Waals surface area contributed by atoms with Gasteiger partial charge in [-0.25, -0.2) is 4.79 Å². The number of nitro groups is 1. The number of carbonyl (C=O) groups excluding carboxylic acids is 3.